The number of halogens is 2. The smallest absolute Gasteiger partial charge is 0.178 e. The first-order valence-corrected chi connectivity index (χ1v) is 8.62. The molecule has 0 aromatic heterocycles. The molecule has 5 heteroatoms. The van der Waals surface area contributed by atoms with E-state index in [9.17, 15) is 4.79 Å². The van der Waals surface area contributed by atoms with E-state index in [0.717, 1.165) is 15.8 Å². The Morgan fingerprint density at radius 3 is 2.81 bits per heavy atom. The van der Waals surface area contributed by atoms with Crippen LogP contribution in [-0.2, 0) is 4.79 Å². The second-order valence-electron chi connectivity index (χ2n) is 4.75. The molecule has 1 atom stereocenters. The minimum atomic E-state index is -0.0881. The molecular weight excluding hydrogens is 372 g/mol. The topological polar surface area (TPSA) is 26.3 Å². The third-order valence-electron chi connectivity index (χ3n) is 3.34. The van der Waals surface area contributed by atoms with Gasteiger partial charge in [0, 0.05) is 20.1 Å². The molecule has 1 aliphatic heterocycles. The van der Waals surface area contributed by atoms with Gasteiger partial charge in [-0.3, -0.25) is 4.79 Å². The molecule has 0 spiro atoms. The van der Waals surface area contributed by atoms with E-state index in [4.69, 9.17) is 16.3 Å². The largest absolute Gasteiger partial charge is 0.486 e. The zero-order valence-corrected chi connectivity index (χ0v) is 14.2. The Kier molecular flexibility index (Phi) is 4.57. The molecule has 3 rings (SSSR count). The van der Waals surface area contributed by atoms with Crippen molar-refractivity contribution in [3.8, 4) is 5.75 Å². The second-order valence-corrected chi connectivity index (χ2v) is 7.17. The molecule has 0 fully saturated rings. The lowest BCUT2D eigenvalue weighted by Crippen LogP contribution is -2.20. The van der Waals surface area contributed by atoms with Crippen LogP contribution >= 0.6 is 39.3 Å². The maximum absolute atomic E-state index is 12.4. The number of hydrogen-bond acceptors (Lipinski definition) is 3. The molecule has 0 N–H and O–H groups in total. The van der Waals surface area contributed by atoms with Crippen LogP contribution in [0.4, 0.5) is 0 Å². The van der Waals surface area contributed by atoms with E-state index < -0.39 is 0 Å². The zero-order chi connectivity index (χ0) is 14.8. The second kappa shape index (κ2) is 6.42. The fourth-order valence-corrected chi connectivity index (χ4v) is 3.99. The highest BCUT2D eigenvalue weighted by atomic mass is 79.9. The number of benzene rings is 2. The van der Waals surface area contributed by atoms with E-state index in [0.29, 0.717) is 10.8 Å². The first kappa shape index (κ1) is 14.9. The van der Waals surface area contributed by atoms with Gasteiger partial charge in [0.2, 0.25) is 0 Å². The number of thioether (sulfide) groups is 1. The quantitative estimate of drug-likeness (QED) is 0.748. The molecule has 1 aliphatic rings. The molecule has 108 valence electrons. The van der Waals surface area contributed by atoms with Gasteiger partial charge in [-0.25, -0.2) is 0 Å². The van der Waals surface area contributed by atoms with Gasteiger partial charge in [0.15, 0.2) is 5.78 Å². The summed E-state index contributed by atoms with van der Waals surface area (Å²) in [5.41, 5.74) is 1.10. The zero-order valence-electron chi connectivity index (χ0n) is 11.0. The highest BCUT2D eigenvalue weighted by molar-refractivity contribution is 9.10. The Bertz CT molecular complexity index is 672. The number of carbonyl (C=O) groups is 1. The van der Waals surface area contributed by atoms with Crippen molar-refractivity contribution in [3.63, 3.8) is 0 Å². The maximum atomic E-state index is 12.4. The molecule has 0 saturated carbocycles. The molecule has 2 nitrogen and oxygen atoms in total. The maximum Gasteiger partial charge on any atom is 0.178 e. The average molecular weight is 384 g/mol. The summed E-state index contributed by atoms with van der Waals surface area (Å²) in [6.07, 6.45) is 0. The van der Waals surface area contributed by atoms with Gasteiger partial charge >= 0.3 is 0 Å². The van der Waals surface area contributed by atoms with Crippen molar-refractivity contribution < 1.29 is 9.53 Å². The monoisotopic (exact) mass is 382 g/mol. The number of ether oxygens (including phenoxy) is 1. The van der Waals surface area contributed by atoms with Crippen LogP contribution in [-0.4, -0.2) is 18.1 Å². The van der Waals surface area contributed by atoms with Gasteiger partial charge in [-0.15, -0.1) is 11.8 Å². The minimum absolute atomic E-state index is 0.0822. The van der Waals surface area contributed by atoms with E-state index in [-0.39, 0.29) is 18.3 Å². The van der Waals surface area contributed by atoms with Gasteiger partial charge in [0.1, 0.15) is 12.4 Å². The summed E-state index contributed by atoms with van der Waals surface area (Å²) in [5, 5.41) is 0.652. The molecular formula is C16H12BrClO2S. The molecule has 0 saturated heterocycles. The lowest BCUT2D eigenvalue weighted by Gasteiger charge is -2.11. The van der Waals surface area contributed by atoms with Gasteiger partial charge in [0.25, 0.3) is 0 Å². The summed E-state index contributed by atoms with van der Waals surface area (Å²) in [7, 11) is 0. The van der Waals surface area contributed by atoms with E-state index in [1.165, 1.54) is 4.90 Å². The van der Waals surface area contributed by atoms with Crippen LogP contribution < -0.4 is 4.74 Å². The Morgan fingerprint density at radius 2 is 2.05 bits per heavy atom. The number of hydrogen-bond donors (Lipinski definition) is 0. The number of Topliss-reactive ketones (excluding diaryl/α,β-unsaturated/α-hetero) is 1. The predicted octanol–water partition coefficient (Wildman–Crippen LogP) is 4.94. The summed E-state index contributed by atoms with van der Waals surface area (Å²) in [6.45, 7) is 0.0822. The van der Waals surface area contributed by atoms with Crippen molar-refractivity contribution in [1.82, 2.24) is 0 Å². The average Bonchev–Trinajstić information content (AvgIpc) is 2.89. The number of fused-ring (bicyclic) bond motifs is 1. The molecule has 1 heterocycles. The molecule has 0 radical (unpaired) electrons. The van der Waals surface area contributed by atoms with Gasteiger partial charge in [0.05, 0.1) is 5.92 Å². The van der Waals surface area contributed by atoms with Crippen LogP contribution in [0.3, 0.4) is 0 Å². The van der Waals surface area contributed by atoms with Crippen molar-refractivity contribution in [3.05, 3.63) is 57.5 Å². The summed E-state index contributed by atoms with van der Waals surface area (Å²) >= 11 is 11.0. The number of rotatable bonds is 4. The van der Waals surface area contributed by atoms with Crippen LogP contribution in [0.1, 0.15) is 11.5 Å². The van der Waals surface area contributed by atoms with Crippen LogP contribution in [0.5, 0.6) is 5.75 Å². The van der Waals surface area contributed by atoms with Crippen molar-refractivity contribution >= 4 is 45.1 Å². The van der Waals surface area contributed by atoms with Gasteiger partial charge in [-0.05, 0) is 48.0 Å². The lowest BCUT2D eigenvalue weighted by molar-refractivity contribution is -0.122. The molecule has 1 unspecified atom stereocenters. The lowest BCUT2D eigenvalue weighted by atomic mass is 9.97. The molecule has 0 aliphatic carbocycles. The molecule has 0 bridgehead atoms. The van der Waals surface area contributed by atoms with E-state index in [2.05, 4.69) is 22.0 Å². The standard InChI is InChI=1S/C16H12BrClO2S/c17-10-1-6-16-13(7-10)14(9-21-16)15(19)8-20-12-4-2-11(18)3-5-12/h1-7,14H,8-9H2. The van der Waals surface area contributed by atoms with Crippen LogP contribution in [0.2, 0.25) is 5.02 Å². The van der Waals surface area contributed by atoms with Gasteiger partial charge in [-0.1, -0.05) is 27.5 Å². The highest BCUT2D eigenvalue weighted by Crippen LogP contribution is 2.41. The Balaban J connectivity index is 1.67. The van der Waals surface area contributed by atoms with E-state index in [1.807, 2.05) is 12.1 Å². The molecule has 2 aromatic carbocycles. The fourth-order valence-electron chi connectivity index (χ4n) is 2.24. The van der Waals surface area contributed by atoms with Crippen LogP contribution in [0.15, 0.2) is 51.8 Å². The Morgan fingerprint density at radius 1 is 1.29 bits per heavy atom. The number of carbonyl (C=O) groups excluding carboxylic acids is 1. The fraction of sp³-hybridized carbons (Fsp3) is 0.188. The van der Waals surface area contributed by atoms with Crippen molar-refractivity contribution in [2.45, 2.75) is 10.8 Å². The summed E-state index contributed by atoms with van der Waals surface area (Å²) in [4.78, 5) is 13.6. The minimum Gasteiger partial charge on any atom is -0.486 e. The summed E-state index contributed by atoms with van der Waals surface area (Å²) in [5.74, 6) is 1.46. The Hall–Kier alpha value is -0.970. The van der Waals surface area contributed by atoms with Gasteiger partial charge < -0.3 is 4.74 Å². The molecule has 2 aromatic rings. The first-order valence-electron chi connectivity index (χ1n) is 6.47. The van der Waals surface area contributed by atoms with E-state index >= 15 is 0 Å². The van der Waals surface area contributed by atoms with Crippen LogP contribution in [0, 0.1) is 0 Å². The molecule has 0 amide bonds. The third-order valence-corrected chi connectivity index (χ3v) is 5.26. The number of ketones is 1. The SMILES string of the molecule is O=C(COc1ccc(Cl)cc1)C1CSc2ccc(Br)cc21. The summed E-state index contributed by atoms with van der Waals surface area (Å²) in [6, 6.07) is 13.1. The molecule has 21 heavy (non-hydrogen) atoms. The van der Waals surface area contributed by atoms with Gasteiger partial charge in [-0.2, -0.15) is 0 Å². The predicted molar refractivity (Wildman–Crippen MR) is 89.6 cm³/mol. The van der Waals surface area contributed by atoms with Crippen molar-refractivity contribution in [2.24, 2.45) is 0 Å². The van der Waals surface area contributed by atoms with Crippen molar-refractivity contribution in [2.75, 3.05) is 12.4 Å². The van der Waals surface area contributed by atoms with E-state index in [1.54, 1.807) is 36.0 Å². The first-order chi connectivity index (χ1) is 10.1. The highest BCUT2D eigenvalue weighted by Gasteiger charge is 2.29. The third kappa shape index (κ3) is 3.44. The van der Waals surface area contributed by atoms with Crippen molar-refractivity contribution in [1.29, 1.82) is 0 Å². The normalized spacial score (nSPS) is 16.6. The van der Waals surface area contributed by atoms with Crippen LogP contribution in [0.25, 0.3) is 0 Å². The Labute approximate surface area is 141 Å². The summed E-state index contributed by atoms with van der Waals surface area (Å²) < 4.78 is 6.55.